The number of amides is 2. The predicted octanol–water partition coefficient (Wildman–Crippen LogP) is 4.80. The molecule has 1 fully saturated rings. The molecular weight excluding hydrogens is 509 g/mol. The molecule has 2 aliphatic rings. The molecule has 0 radical (unpaired) electrons. The Kier molecular flexibility index (Phi) is 7.56. The highest BCUT2D eigenvalue weighted by atomic mass is 35.5. The van der Waals surface area contributed by atoms with Crippen molar-refractivity contribution >= 4 is 40.7 Å². The second kappa shape index (κ2) is 10.9. The molecule has 2 amide bonds. The fraction of sp³-hybridized carbons (Fsp3) is 0.393. The summed E-state index contributed by atoms with van der Waals surface area (Å²) in [6, 6.07) is 13.3. The summed E-state index contributed by atoms with van der Waals surface area (Å²) in [5, 5.41) is 10.9. The van der Waals surface area contributed by atoms with Gasteiger partial charge in [-0.2, -0.15) is 0 Å². The van der Waals surface area contributed by atoms with E-state index in [2.05, 4.69) is 25.9 Å². The first-order valence-electron chi connectivity index (χ1n) is 12.8. The lowest BCUT2D eigenvalue weighted by Crippen LogP contribution is -2.66. The number of aromatic amines is 1. The van der Waals surface area contributed by atoms with Gasteiger partial charge in [0, 0.05) is 46.1 Å². The highest BCUT2D eigenvalue weighted by Gasteiger charge is 2.60. The van der Waals surface area contributed by atoms with Gasteiger partial charge < -0.3 is 20.9 Å². The van der Waals surface area contributed by atoms with Crippen LogP contribution in [-0.2, 0) is 27.8 Å². The van der Waals surface area contributed by atoms with Crippen LogP contribution in [-0.4, -0.2) is 40.4 Å². The minimum absolute atomic E-state index is 0.0706. The molecule has 9 heteroatoms. The summed E-state index contributed by atoms with van der Waals surface area (Å²) in [4.78, 5) is 34.0. The average molecular weight is 540 g/mol. The van der Waals surface area contributed by atoms with E-state index in [4.69, 9.17) is 23.2 Å². The molecule has 37 heavy (non-hydrogen) atoms. The number of nitrogens with zero attached hydrogens (tertiary/aromatic N) is 1. The number of hydrogen-bond donors (Lipinski definition) is 4. The first-order valence-corrected chi connectivity index (χ1v) is 13.5. The van der Waals surface area contributed by atoms with E-state index >= 15 is 0 Å². The van der Waals surface area contributed by atoms with Gasteiger partial charge in [-0.05, 0) is 54.7 Å². The van der Waals surface area contributed by atoms with E-state index in [0.29, 0.717) is 29.4 Å². The minimum atomic E-state index is -0.922. The SMILES string of the molecule is O=C(CNC1(C2(Cc3cccc(Cl)c3)C(=O)Nc3cc(Cl)ccc32)CCCCC1)NCCc1cnc[nH]1. The van der Waals surface area contributed by atoms with E-state index in [9.17, 15) is 9.59 Å². The van der Waals surface area contributed by atoms with Crippen molar-refractivity contribution in [1.82, 2.24) is 20.6 Å². The summed E-state index contributed by atoms with van der Waals surface area (Å²) in [5.41, 5.74) is 2.05. The number of hydrogen-bond acceptors (Lipinski definition) is 4. The van der Waals surface area contributed by atoms with Gasteiger partial charge in [-0.1, -0.05) is 60.7 Å². The third-order valence-electron chi connectivity index (χ3n) is 7.82. The number of fused-ring (bicyclic) bond motifs is 1. The fourth-order valence-electron chi connectivity index (χ4n) is 6.10. The van der Waals surface area contributed by atoms with Gasteiger partial charge in [0.05, 0.1) is 18.3 Å². The van der Waals surface area contributed by atoms with Crippen molar-refractivity contribution in [1.29, 1.82) is 0 Å². The number of aromatic nitrogens is 2. The van der Waals surface area contributed by atoms with Crippen LogP contribution in [0.5, 0.6) is 0 Å². The lowest BCUT2D eigenvalue weighted by molar-refractivity contribution is -0.127. The molecule has 1 aliphatic carbocycles. The van der Waals surface area contributed by atoms with Crippen molar-refractivity contribution in [3.8, 4) is 0 Å². The number of benzene rings is 2. The number of anilines is 1. The Bertz CT molecular complexity index is 1270. The van der Waals surface area contributed by atoms with Crippen molar-refractivity contribution in [3.63, 3.8) is 0 Å². The van der Waals surface area contributed by atoms with Gasteiger partial charge in [-0.25, -0.2) is 4.98 Å². The Balaban J connectivity index is 1.47. The van der Waals surface area contributed by atoms with Crippen molar-refractivity contribution in [3.05, 3.63) is 81.9 Å². The molecule has 2 heterocycles. The summed E-state index contributed by atoms with van der Waals surface area (Å²) < 4.78 is 0. The van der Waals surface area contributed by atoms with E-state index in [1.54, 1.807) is 12.5 Å². The monoisotopic (exact) mass is 539 g/mol. The van der Waals surface area contributed by atoms with E-state index in [1.165, 1.54) is 0 Å². The number of rotatable bonds is 9. The Morgan fingerprint density at radius 3 is 2.62 bits per heavy atom. The molecule has 1 aliphatic heterocycles. The third kappa shape index (κ3) is 5.13. The van der Waals surface area contributed by atoms with Gasteiger partial charge in [0.1, 0.15) is 0 Å². The van der Waals surface area contributed by atoms with Gasteiger partial charge >= 0.3 is 0 Å². The summed E-state index contributed by atoms with van der Waals surface area (Å²) in [5.74, 6) is -0.170. The zero-order valence-corrected chi connectivity index (χ0v) is 22.1. The molecule has 3 aromatic rings. The zero-order valence-electron chi connectivity index (χ0n) is 20.6. The van der Waals surface area contributed by atoms with Crippen molar-refractivity contribution in [2.75, 3.05) is 18.4 Å². The largest absolute Gasteiger partial charge is 0.355 e. The average Bonchev–Trinajstić information content (AvgIpc) is 3.50. The first-order chi connectivity index (χ1) is 17.9. The molecule has 1 unspecified atom stereocenters. The molecule has 1 saturated carbocycles. The standard InChI is InChI=1S/C28H31Cl2N5O2/c29-20-6-4-5-19(13-20)15-28(23-8-7-21(30)14-24(23)35-26(28)37)27(10-2-1-3-11-27)34-17-25(36)32-12-9-22-16-31-18-33-22/h4-8,13-14,16,18,34H,1-3,9-12,15,17H2,(H,31,33)(H,32,36)(H,35,37). The maximum atomic E-state index is 14.1. The Labute approximate surface area is 226 Å². The molecule has 1 aromatic heterocycles. The Morgan fingerprint density at radius 1 is 1.05 bits per heavy atom. The summed E-state index contributed by atoms with van der Waals surface area (Å²) in [7, 11) is 0. The van der Waals surface area contributed by atoms with Gasteiger partial charge in [-0.3, -0.25) is 9.59 Å². The van der Waals surface area contributed by atoms with Crippen molar-refractivity contribution < 1.29 is 9.59 Å². The van der Waals surface area contributed by atoms with Gasteiger partial charge in [0.25, 0.3) is 0 Å². The molecule has 0 bridgehead atoms. The summed E-state index contributed by atoms with van der Waals surface area (Å²) >= 11 is 12.7. The molecule has 4 N–H and O–H groups in total. The number of imidazole rings is 1. The molecule has 0 saturated heterocycles. The van der Waals surface area contributed by atoms with Crippen LogP contribution >= 0.6 is 23.2 Å². The van der Waals surface area contributed by atoms with Crippen LogP contribution in [0.25, 0.3) is 0 Å². The van der Waals surface area contributed by atoms with Crippen molar-refractivity contribution in [2.24, 2.45) is 0 Å². The normalized spacial score (nSPS) is 20.3. The summed E-state index contributed by atoms with van der Waals surface area (Å²) in [6.07, 6.45) is 9.13. The second-order valence-electron chi connectivity index (χ2n) is 10.0. The second-order valence-corrected chi connectivity index (χ2v) is 10.9. The third-order valence-corrected chi connectivity index (χ3v) is 8.29. The quantitative estimate of drug-likeness (QED) is 0.313. The van der Waals surface area contributed by atoms with Crippen LogP contribution in [0, 0.1) is 0 Å². The van der Waals surface area contributed by atoms with Crippen molar-refractivity contribution in [2.45, 2.75) is 55.9 Å². The Hall–Kier alpha value is -2.87. The molecule has 194 valence electrons. The van der Waals surface area contributed by atoms with Gasteiger partial charge in [-0.15, -0.1) is 0 Å². The van der Waals surface area contributed by atoms with Crippen LogP contribution in [0.15, 0.2) is 55.0 Å². The topological polar surface area (TPSA) is 98.9 Å². The number of carbonyl (C=O) groups excluding carboxylic acids is 2. The molecule has 5 rings (SSSR count). The van der Waals surface area contributed by atoms with E-state index in [0.717, 1.165) is 54.6 Å². The summed E-state index contributed by atoms with van der Waals surface area (Å²) in [6.45, 7) is 0.627. The zero-order chi connectivity index (χ0) is 25.9. The van der Waals surface area contributed by atoms with Gasteiger partial charge in [0.2, 0.25) is 11.8 Å². The number of nitrogens with one attached hydrogen (secondary N) is 4. The van der Waals surface area contributed by atoms with Crippen LogP contribution in [0.2, 0.25) is 10.0 Å². The number of carbonyl (C=O) groups is 2. The van der Waals surface area contributed by atoms with E-state index < -0.39 is 11.0 Å². The maximum Gasteiger partial charge on any atom is 0.237 e. The number of halogens is 2. The van der Waals surface area contributed by atoms with Crippen LogP contribution in [0.4, 0.5) is 5.69 Å². The Morgan fingerprint density at radius 2 is 1.86 bits per heavy atom. The van der Waals surface area contributed by atoms with Crippen LogP contribution < -0.4 is 16.0 Å². The molecule has 2 aromatic carbocycles. The molecule has 0 spiro atoms. The van der Waals surface area contributed by atoms with Gasteiger partial charge in [0.15, 0.2) is 0 Å². The van der Waals surface area contributed by atoms with Crippen LogP contribution in [0.3, 0.4) is 0 Å². The lowest BCUT2D eigenvalue weighted by atomic mass is 9.57. The van der Waals surface area contributed by atoms with E-state index in [1.807, 2.05) is 42.5 Å². The predicted molar refractivity (Wildman–Crippen MR) is 146 cm³/mol. The highest BCUT2D eigenvalue weighted by Crippen LogP contribution is 2.53. The van der Waals surface area contributed by atoms with Crippen LogP contribution in [0.1, 0.15) is 48.9 Å². The lowest BCUT2D eigenvalue weighted by Gasteiger charge is -2.50. The highest BCUT2D eigenvalue weighted by molar-refractivity contribution is 6.31. The van der Waals surface area contributed by atoms with E-state index in [-0.39, 0.29) is 18.4 Å². The smallest absolute Gasteiger partial charge is 0.237 e. The minimum Gasteiger partial charge on any atom is -0.355 e. The molecule has 7 nitrogen and oxygen atoms in total. The fourth-order valence-corrected chi connectivity index (χ4v) is 6.48. The first kappa shape index (κ1) is 25.8. The maximum absolute atomic E-state index is 14.1. The number of H-pyrrole nitrogens is 1. The molecule has 1 atom stereocenters. The molecular formula is C28H31Cl2N5O2.